The van der Waals surface area contributed by atoms with Gasteiger partial charge in [0.05, 0.1) is 46.7 Å². The molecule has 0 spiro atoms. The van der Waals surface area contributed by atoms with Crippen molar-refractivity contribution in [3.8, 4) is 56.6 Å². The van der Waals surface area contributed by atoms with E-state index in [2.05, 4.69) is 197 Å². The maximum absolute atomic E-state index is 17.1. The molecule has 0 radical (unpaired) electrons. The van der Waals surface area contributed by atoms with Crippen molar-refractivity contribution in [2.45, 2.75) is 153 Å². The van der Waals surface area contributed by atoms with Gasteiger partial charge in [0, 0.05) is 43.8 Å². The minimum absolute atomic E-state index is 0.0117. The van der Waals surface area contributed by atoms with Gasteiger partial charge in [-0.25, -0.2) is 8.78 Å². The number of aryl methyl sites for hydroxylation is 5. The lowest BCUT2D eigenvalue weighted by molar-refractivity contribution is 0.104. The molecule has 1 saturated carbocycles. The van der Waals surface area contributed by atoms with Crippen LogP contribution in [-0.2, 0) is 10.8 Å². The van der Waals surface area contributed by atoms with E-state index in [1.807, 2.05) is 19.1 Å². The lowest BCUT2D eigenvalue weighted by Gasteiger charge is -2.34. The fourth-order valence-electron chi connectivity index (χ4n) is 14.6. The van der Waals surface area contributed by atoms with E-state index in [0.29, 0.717) is 51.5 Å². The van der Waals surface area contributed by atoms with Crippen molar-refractivity contribution >= 4 is 43.6 Å². The summed E-state index contributed by atoms with van der Waals surface area (Å²) in [6.07, 6.45) is 5.40. The predicted octanol–water partition coefficient (Wildman–Crippen LogP) is 21.1. The monoisotopic (exact) mass is 1140 g/mol. The van der Waals surface area contributed by atoms with Gasteiger partial charge in [0.25, 0.3) is 0 Å². The Morgan fingerprint density at radius 3 is 1.25 bits per heavy atom. The van der Waals surface area contributed by atoms with Gasteiger partial charge in [0.1, 0.15) is 23.1 Å². The van der Waals surface area contributed by atoms with Crippen LogP contribution in [0.5, 0.6) is 23.0 Å². The first-order valence-electron chi connectivity index (χ1n) is 30.7. The molecule has 2 atom stereocenters. The zero-order chi connectivity index (χ0) is 60.8. The van der Waals surface area contributed by atoms with Crippen LogP contribution in [0.1, 0.15) is 147 Å². The molecule has 8 aromatic carbocycles. The predicted molar refractivity (Wildman–Crippen MR) is 350 cm³/mol. The van der Waals surface area contributed by atoms with Crippen molar-refractivity contribution < 1.29 is 28.5 Å². The molecule has 10 aromatic rings. The number of aromatic hydroxyl groups is 2. The topological polar surface area (TPSA) is 68.8 Å². The third-order valence-corrected chi connectivity index (χ3v) is 18.0. The second-order valence-electron chi connectivity index (χ2n) is 29.0. The number of aromatic nitrogens is 2. The third-order valence-electron chi connectivity index (χ3n) is 18.0. The Kier molecular flexibility index (Phi) is 15.3. The summed E-state index contributed by atoms with van der Waals surface area (Å²) in [7, 11) is 0. The molecule has 2 aromatic heterocycles. The lowest BCUT2D eigenvalue weighted by atomic mass is 9.71. The van der Waals surface area contributed by atoms with Gasteiger partial charge < -0.3 is 28.8 Å². The van der Waals surface area contributed by atoms with Crippen LogP contribution in [0, 0.1) is 68.9 Å². The van der Waals surface area contributed by atoms with Gasteiger partial charge in [-0.05, 0) is 212 Å². The molecule has 1 aliphatic carbocycles. The van der Waals surface area contributed by atoms with Gasteiger partial charge in [0.15, 0.2) is 11.6 Å². The zero-order valence-corrected chi connectivity index (χ0v) is 52.8. The molecule has 11 rings (SSSR count). The van der Waals surface area contributed by atoms with Crippen LogP contribution in [0.4, 0.5) is 8.78 Å². The number of hydrogen-bond acceptors (Lipinski definition) is 4. The van der Waals surface area contributed by atoms with Crippen molar-refractivity contribution in [2.24, 2.45) is 22.7 Å². The minimum atomic E-state index is -0.490. The molecular weight excluding hydrogens is 1050 g/mol. The van der Waals surface area contributed by atoms with Crippen LogP contribution < -0.4 is 9.47 Å². The maximum atomic E-state index is 17.1. The lowest BCUT2D eigenvalue weighted by Crippen LogP contribution is -2.30. The number of benzene rings is 8. The molecule has 2 unspecified atom stereocenters. The van der Waals surface area contributed by atoms with E-state index in [0.717, 1.165) is 116 Å². The molecular formula is C77H86F2N2O4. The number of rotatable bonds is 14. The Morgan fingerprint density at radius 2 is 0.835 bits per heavy atom. The first kappa shape index (κ1) is 59.2. The fraction of sp³-hybridized carbons (Fsp3) is 0.377. The van der Waals surface area contributed by atoms with E-state index in [-0.39, 0.29) is 57.4 Å². The van der Waals surface area contributed by atoms with E-state index in [9.17, 15) is 10.2 Å². The molecule has 0 aliphatic heterocycles. The minimum Gasteiger partial charge on any atom is -0.505 e. The van der Waals surface area contributed by atoms with Crippen LogP contribution in [0.2, 0.25) is 0 Å². The third kappa shape index (κ3) is 11.7. The van der Waals surface area contributed by atoms with E-state index < -0.39 is 11.6 Å². The Bertz CT molecular complexity index is 4120. The number of fused-ring (bicyclic) bond motifs is 6. The summed E-state index contributed by atoms with van der Waals surface area (Å²) in [5, 5.41) is 30.2. The van der Waals surface area contributed by atoms with Gasteiger partial charge >= 0.3 is 0 Å². The molecule has 2 heterocycles. The number of ether oxygens (including phenoxy) is 2. The highest BCUT2D eigenvalue weighted by atomic mass is 19.1. The largest absolute Gasteiger partial charge is 0.505 e. The molecule has 1 fully saturated rings. The van der Waals surface area contributed by atoms with Crippen LogP contribution >= 0.6 is 0 Å². The van der Waals surface area contributed by atoms with E-state index in [4.69, 9.17) is 9.47 Å². The first-order chi connectivity index (χ1) is 40.0. The summed E-state index contributed by atoms with van der Waals surface area (Å²) < 4.78 is 51.2. The second-order valence-corrected chi connectivity index (χ2v) is 29.0. The number of phenols is 2. The van der Waals surface area contributed by atoms with E-state index in [1.54, 1.807) is 6.07 Å². The van der Waals surface area contributed by atoms with E-state index >= 15 is 8.78 Å². The van der Waals surface area contributed by atoms with Crippen LogP contribution in [0.15, 0.2) is 127 Å². The molecule has 0 bridgehead atoms. The Labute approximate surface area is 502 Å². The fourth-order valence-corrected chi connectivity index (χ4v) is 14.6. The van der Waals surface area contributed by atoms with Crippen LogP contribution in [0.25, 0.3) is 77.2 Å². The number of nitrogens with zero attached hydrogens (tertiary/aromatic N) is 2. The highest BCUT2D eigenvalue weighted by Crippen LogP contribution is 2.51. The van der Waals surface area contributed by atoms with Crippen LogP contribution in [-0.4, -0.2) is 32.6 Å². The molecule has 0 amide bonds. The summed E-state index contributed by atoms with van der Waals surface area (Å²) in [5.74, 6) is -0.274. The molecule has 0 saturated heterocycles. The van der Waals surface area contributed by atoms with Crippen molar-refractivity contribution in [1.29, 1.82) is 0 Å². The highest BCUT2D eigenvalue weighted by Gasteiger charge is 2.35. The zero-order valence-electron chi connectivity index (χ0n) is 52.8. The number of phenolic OH excluding ortho intramolecular Hbond substituents is 2. The van der Waals surface area contributed by atoms with Crippen molar-refractivity contribution in [1.82, 2.24) is 9.13 Å². The molecule has 8 heteroatoms. The second kappa shape index (κ2) is 22.0. The summed E-state index contributed by atoms with van der Waals surface area (Å²) >= 11 is 0. The van der Waals surface area contributed by atoms with Gasteiger partial charge in [-0.3, -0.25) is 0 Å². The van der Waals surface area contributed by atoms with Gasteiger partial charge in [-0.1, -0.05) is 131 Å². The summed E-state index contributed by atoms with van der Waals surface area (Å²) in [4.78, 5) is 0. The smallest absolute Gasteiger partial charge is 0.165 e. The molecule has 6 nitrogen and oxygen atoms in total. The summed E-state index contributed by atoms with van der Waals surface area (Å²) in [5.41, 5.74) is 13.6. The van der Waals surface area contributed by atoms with Crippen molar-refractivity contribution in [3.63, 3.8) is 0 Å². The molecule has 1 aliphatic rings. The van der Waals surface area contributed by atoms with Crippen molar-refractivity contribution in [2.75, 3.05) is 13.2 Å². The Hall–Kier alpha value is -7.58. The molecule has 442 valence electrons. The summed E-state index contributed by atoms with van der Waals surface area (Å²) in [6, 6.07) is 42.3. The first-order valence-corrected chi connectivity index (χ1v) is 30.7. The maximum Gasteiger partial charge on any atom is 0.165 e. The van der Waals surface area contributed by atoms with Gasteiger partial charge in [0.2, 0.25) is 0 Å². The van der Waals surface area contributed by atoms with Crippen LogP contribution in [0.3, 0.4) is 0 Å². The van der Waals surface area contributed by atoms with Gasteiger partial charge in [-0.15, -0.1) is 0 Å². The highest BCUT2D eigenvalue weighted by molar-refractivity contribution is 6.11. The number of halogens is 2. The SMILES string of the molecule is Cc1cc(F)c(OCC2CCCCC2COc2ccc(F)cc2-c2cc(C(C)(C)CC(C)(C)C)cc(-n3c4cc(C)ccc4c4ccc(C)cc43)c2O)c(-c2cc(C(C)(C)CC(C)(C)C)cc(-n3c4cc(C)ccc4c4ccc(C)cc43)c2O)c1. The average molecular weight is 1140 g/mol. The quantitative estimate of drug-likeness (QED) is 0.114. The Balaban J connectivity index is 0.969. The summed E-state index contributed by atoms with van der Waals surface area (Å²) in [6.45, 7) is 33.3. The molecule has 85 heavy (non-hydrogen) atoms. The average Bonchev–Trinajstić information content (AvgIpc) is 1.78. The number of hydrogen-bond donors (Lipinski definition) is 2. The van der Waals surface area contributed by atoms with Gasteiger partial charge in [-0.2, -0.15) is 0 Å². The van der Waals surface area contributed by atoms with Crippen molar-refractivity contribution in [3.05, 3.63) is 178 Å². The van der Waals surface area contributed by atoms with E-state index in [1.165, 1.54) is 18.2 Å². The Morgan fingerprint density at radius 1 is 0.435 bits per heavy atom. The normalized spacial score (nSPS) is 15.4. The molecule has 2 N–H and O–H groups in total. The standard InChI is InChI=1S/C77H86F2N2O4/c1-45-20-25-55-56-26-21-46(2)33-65(56)80(64(55)32-45)68-38-52(76(12,13)43-74(6,7)8)36-60(71(68)82)59-40-54(78)24-29-70(59)84-41-50-18-16-17-19-51(50)42-85-73-62(30-49(5)31-63(73)79)61-37-53(77(14,15)44-75(9,10)11)39-69(72(61)83)81-66-34-47(3)22-27-57(66)58-28-23-48(4)35-67(58)81/h20-40,50-51,82-83H,16-19,41-44H2,1-15H3.